The first-order valence-corrected chi connectivity index (χ1v) is 7.05. The molecule has 1 heterocycles. The van der Waals surface area contributed by atoms with E-state index in [0.717, 1.165) is 29.1 Å². The van der Waals surface area contributed by atoms with E-state index in [0.29, 0.717) is 6.79 Å². The Morgan fingerprint density at radius 1 is 0.895 bits per heavy atom. The van der Waals surface area contributed by atoms with Crippen LogP contribution in [-0.4, -0.2) is 6.79 Å². The molecule has 0 aromatic heterocycles. The van der Waals surface area contributed by atoms with E-state index in [2.05, 4.69) is 57.6 Å². The maximum absolute atomic E-state index is 5.38. The van der Waals surface area contributed by atoms with Gasteiger partial charge in [0, 0.05) is 15.6 Å². The average Bonchev–Trinajstić information content (AvgIpc) is 2.88. The molecule has 0 saturated carbocycles. The lowest BCUT2D eigenvalue weighted by atomic mass is 10.2. The molecule has 1 aliphatic rings. The molecule has 3 nitrogen and oxygen atoms in total. The molecule has 0 spiro atoms. The molecule has 19 heavy (non-hydrogen) atoms. The molecule has 98 valence electrons. The van der Waals surface area contributed by atoms with Gasteiger partial charge in [0.25, 0.3) is 0 Å². The summed E-state index contributed by atoms with van der Waals surface area (Å²) >= 11 is 3.44. The van der Waals surface area contributed by atoms with Gasteiger partial charge in [-0.2, -0.15) is 0 Å². The maximum Gasteiger partial charge on any atom is 0.231 e. The zero-order chi connectivity index (χ0) is 13.1. The highest BCUT2D eigenvalue weighted by Gasteiger charge is 2.13. The molecule has 0 aliphatic carbocycles. The van der Waals surface area contributed by atoms with Crippen LogP contribution in [0.4, 0.5) is 0 Å². The summed E-state index contributed by atoms with van der Waals surface area (Å²) in [7, 11) is 0. The normalized spacial score (nSPS) is 12.7. The largest absolute Gasteiger partial charge is 0.454 e. The molecule has 0 atom stereocenters. The second kappa shape index (κ2) is 5.63. The van der Waals surface area contributed by atoms with Crippen LogP contribution < -0.4 is 14.8 Å². The fourth-order valence-corrected chi connectivity index (χ4v) is 2.36. The van der Waals surface area contributed by atoms with Crippen molar-refractivity contribution in [2.75, 3.05) is 6.79 Å². The van der Waals surface area contributed by atoms with Gasteiger partial charge < -0.3 is 14.8 Å². The zero-order valence-electron chi connectivity index (χ0n) is 10.4. The van der Waals surface area contributed by atoms with Crippen LogP contribution in [0.3, 0.4) is 0 Å². The number of rotatable bonds is 4. The van der Waals surface area contributed by atoms with Crippen LogP contribution in [0.2, 0.25) is 0 Å². The number of nitrogens with two attached hydrogens (primary N) is 1. The summed E-state index contributed by atoms with van der Waals surface area (Å²) in [4.78, 5) is 0. The Morgan fingerprint density at radius 3 is 2.42 bits per heavy atom. The Balaban J connectivity index is 1.56. The molecule has 0 bridgehead atoms. The van der Waals surface area contributed by atoms with Crippen LogP contribution in [0.5, 0.6) is 11.5 Å². The SMILES string of the molecule is Brc1ccc(C[NH2+]Cc2ccc3c(c2)OCO3)cc1. The number of benzene rings is 2. The van der Waals surface area contributed by atoms with Gasteiger partial charge in [0.15, 0.2) is 11.5 Å². The average molecular weight is 321 g/mol. The van der Waals surface area contributed by atoms with Gasteiger partial charge in [-0.05, 0) is 30.3 Å². The van der Waals surface area contributed by atoms with Crippen molar-refractivity contribution in [2.45, 2.75) is 13.1 Å². The van der Waals surface area contributed by atoms with Crippen molar-refractivity contribution in [3.05, 3.63) is 58.1 Å². The van der Waals surface area contributed by atoms with Crippen LogP contribution in [0.1, 0.15) is 11.1 Å². The monoisotopic (exact) mass is 320 g/mol. The second-order valence-corrected chi connectivity index (χ2v) is 5.43. The van der Waals surface area contributed by atoms with E-state index in [1.165, 1.54) is 11.1 Å². The molecule has 2 aromatic rings. The van der Waals surface area contributed by atoms with Crippen LogP contribution in [0, 0.1) is 0 Å². The van der Waals surface area contributed by atoms with Crippen LogP contribution in [0.15, 0.2) is 46.9 Å². The molecule has 0 amide bonds. The van der Waals surface area contributed by atoms with Crippen molar-refractivity contribution in [1.82, 2.24) is 0 Å². The van der Waals surface area contributed by atoms with Gasteiger partial charge in [-0.25, -0.2) is 0 Å². The van der Waals surface area contributed by atoms with E-state index in [9.17, 15) is 0 Å². The second-order valence-electron chi connectivity index (χ2n) is 4.51. The molecule has 4 heteroatoms. The third-order valence-electron chi connectivity index (χ3n) is 3.11. The first kappa shape index (κ1) is 12.5. The lowest BCUT2D eigenvalue weighted by Gasteiger charge is -2.04. The topological polar surface area (TPSA) is 35.1 Å². The van der Waals surface area contributed by atoms with E-state index in [-0.39, 0.29) is 0 Å². The number of quaternary nitrogens is 1. The Kier molecular flexibility index (Phi) is 3.71. The lowest BCUT2D eigenvalue weighted by molar-refractivity contribution is -0.686. The van der Waals surface area contributed by atoms with E-state index in [4.69, 9.17) is 9.47 Å². The van der Waals surface area contributed by atoms with Crippen LogP contribution in [-0.2, 0) is 13.1 Å². The van der Waals surface area contributed by atoms with Crippen molar-refractivity contribution in [1.29, 1.82) is 0 Å². The van der Waals surface area contributed by atoms with Gasteiger partial charge in [0.1, 0.15) is 13.1 Å². The zero-order valence-corrected chi connectivity index (χ0v) is 12.0. The van der Waals surface area contributed by atoms with Gasteiger partial charge in [-0.15, -0.1) is 0 Å². The van der Waals surface area contributed by atoms with Gasteiger partial charge in [-0.1, -0.05) is 28.1 Å². The molecular formula is C15H15BrNO2+. The summed E-state index contributed by atoms with van der Waals surface area (Å²) in [5.74, 6) is 1.70. The van der Waals surface area contributed by atoms with Crippen LogP contribution in [0.25, 0.3) is 0 Å². The van der Waals surface area contributed by atoms with E-state index < -0.39 is 0 Å². The molecule has 0 fully saturated rings. The Bertz CT molecular complexity index is 569. The molecule has 2 aromatic carbocycles. The maximum atomic E-state index is 5.38. The minimum atomic E-state index is 0.335. The lowest BCUT2D eigenvalue weighted by Crippen LogP contribution is -2.80. The minimum Gasteiger partial charge on any atom is -0.454 e. The number of hydrogen-bond acceptors (Lipinski definition) is 2. The van der Waals surface area contributed by atoms with Crippen molar-refractivity contribution in [3.63, 3.8) is 0 Å². The van der Waals surface area contributed by atoms with Crippen LogP contribution >= 0.6 is 15.9 Å². The number of fused-ring (bicyclic) bond motifs is 1. The van der Waals surface area contributed by atoms with Crippen molar-refractivity contribution >= 4 is 15.9 Å². The summed E-state index contributed by atoms with van der Waals surface area (Å²) in [5.41, 5.74) is 2.57. The number of hydrogen-bond donors (Lipinski definition) is 1. The predicted molar refractivity (Wildman–Crippen MR) is 76.0 cm³/mol. The Hall–Kier alpha value is -1.52. The standard InChI is InChI=1S/C15H14BrNO2/c16-13-4-1-11(2-5-13)8-17-9-12-3-6-14-15(7-12)19-10-18-14/h1-7,17H,8-10H2/p+1. The van der Waals surface area contributed by atoms with E-state index >= 15 is 0 Å². The van der Waals surface area contributed by atoms with Crippen molar-refractivity contribution in [3.8, 4) is 11.5 Å². The first-order valence-electron chi connectivity index (χ1n) is 6.26. The Labute approximate surface area is 120 Å². The number of halogens is 1. The highest BCUT2D eigenvalue weighted by Crippen LogP contribution is 2.32. The summed E-state index contributed by atoms with van der Waals surface area (Å²) in [5, 5.41) is 2.28. The third-order valence-corrected chi connectivity index (χ3v) is 3.64. The van der Waals surface area contributed by atoms with Gasteiger partial charge in [0.05, 0.1) is 0 Å². The molecule has 0 radical (unpaired) electrons. The van der Waals surface area contributed by atoms with Gasteiger partial charge in [0.2, 0.25) is 6.79 Å². The molecular weight excluding hydrogens is 306 g/mol. The summed E-state index contributed by atoms with van der Waals surface area (Å²) in [6, 6.07) is 14.5. The minimum absolute atomic E-state index is 0.335. The van der Waals surface area contributed by atoms with Gasteiger partial charge >= 0.3 is 0 Å². The fraction of sp³-hybridized carbons (Fsp3) is 0.200. The van der Waals surface area contributed by atoms with E-state index in [1.807, 2.05) is 6.07 Å². The quantitative estimate of drug-likeness (QED) is 0.939. The highest BCUT2D eigenvalue weighted by molar-refractivity contribution is 9.10. The summed E-state index contributed by atoms with van der Waals surface area (Å²) < 4.78 is 11.8. The molecule has 3 rings (SSSR count). The molecule has 0 saturated heterocycles. The molecule has 1 aliphatic heterocycles. The molecule has 0 unspecified atom stereocenters. The van der Waals surface area contributed by atoms with Gasteiger partial charge in [-0.3, -0.25) is 0 Å². The summed E-state index contributed by atoms with van der Waals surface area (Å²) in [6.07, 6.45) is 0. The third kappa shape index (κ3) is 3.08. The number of ether oxygens (including phenoxy) is 2. The van der Waals surface area contributed by atoms with Crippen molar-refractivity contribution < 1.29 is 14.8 Å². The summed E-state index contributed by atoms with van der Waals surface area (Å²) in [6.45, 7) is 2.25. The highest BCUT2D eigenvalue weighted by atomic mass is 79.9. The van der Waals surface area contributed by atoms with Crippen molar-refractivity contribution in [2.24, 2.45) is 0 Å². The molecule has 2 N–H and O–H groups in total. The fourth-order valence-electron chi connectivity index (χ4n) is 2.09. The van der Waals surface area contributed by atoms with E-state index in [1.54, 1.807) is 0 Å². The predicted octanol–water partition coefficient (Wildman–Crippen LogP) is 2.44. The smallest absolute Gasteiger partial charge is 0.231 e. The Morgan fingerprint density at radius 2 is 1.58 bits per heavy atom. The first-order chi connectivity index (χ1) is 9.31.